The Morgan fingerprint density at radius 3 is 2.86 bits per heavy atom. The topological polar surface area (TPSA) is 49.8 Å². The molecular weight excluding hydrogens is 286 g/mol. The summed E-state index contributed by atoms with van der Waals surface area (Å²) in [5, 5.41) is 10.7. The molecule has 0 aliphatic heterocycles. The highest BCUT2D eigenvalue weighted by atomic mass is 32.1. The maximum Gasteiger partial charge on any atom is 0.225 e. The molecule has 0 aliphatic carbocycles. The SMILES string of the molecule is COC(C)(C)CC(=O)N(C)Cc1cc(C#CCCO)cs1. The predicted molar refractivity (Wildman–Crippen MR) is 85.1 cm³/mol. The fourth-order valence-electron chi connectivity index (χ4n) is 1.64. The number of hydrogen-bond acceptors (Lipinski definition) is 4. The first kappa shape index (κ1) is 17.7. The number of carbonyl (C=O) groups excluding carboxylic acids is 1. The number of rotatable bonds is 6. The van der Waals surface area contributed by atoms with Crippen LogP contribution in [0.25, 0.3) is 0 Å². The fraction of sp³-hybridized carbons (Fsp3) is 0.562. The van der Waals surface area contributed by atoms with Crippen molar-refractivity contribution in [3.63, 3.8) is 0 Å². The lowest BCUT2D eigenvalue weighted by Gasteiger charge is -2.25. The van der Waals surface area contributed by atoms with E-state index in [2.05, 4.69) is 11.8 Å². The van der Waals surface area contributed by atoms with E-state index in [1.165, 1.54) is 0 Å². The van der Waals surface area contributed by atoms with Crippen LogP contribution in [-0.2, 0) is 16.1 Å². The molecule has 0 radical (unpaired) electrons. The van der Waals surface area contributed by atoms with Gasteiger partial charge in [0.1, 0.15) is 0 Å². The van der Waals surface area contributed by atoms with E-state index in [-0.39, 0.29) is 12.5 Å². The molecule has 21 heavy (non-hydrogen) atoms. The molecular formula is C16H23NO3S. The zero-order valence-electron chi connectivity index (χ0n) is 13.1. The van der Waals surface area contributed by atoms with Crippen LogP contribution in [0, 0.1) is 11.8 Å². The van der Waals surface area contributed by atoms with Crippen LogP contribution in [0.2, 0.25) is 0 Å². The molecule has 0 saturated heterocycles. The molecule has 0 bridgehead atoms. The number of amides is 1. The molecule has 1 amide bonds. The second-order valence-corrected chi connectivity index (χ2v) is 6.46. The third-order valence-corrected chi connectivity index (χ3v) is 3.99. The Balaban J connectivity index is 2.57. The van der Waals surface area contributed by atoms with E-state index < -0.39 is 5.60 Å². The molecule has 5 heteroatoms. The predicted octanol–water partition coefficient (Wildman–Crippen LogP) is 2.26. The number of hydrogen-bond donors (Lipinski definition) is 1. The molecule has 1 N–H and O–H groups in total. The van der Waals surface area contributed by atoms with E-state index in [1.54, 1.807) is 30.4 Å². The molecule has 0 aromatic carbocycles. The lowest BCUT2D eigenvalue weighted by molar-refractivity contribution is -0.135. The van der Waals surface area contributed by atoms with Crippen LogP contribution in [-0.4, -0.2) is 42.3 Å². The number of aliphatic hydroxyl groups is 1. The Labute approximate surface area is 130 Å². The number of thiophene rings is 1. The van der Waals surface area contributed by atoms with Crippen LogP contribution < -0.4 is 0 Å². The van der Waals surface area contributed by atoms with E-state index in [4.69, 9.17) is 9.84 Å². The van der Waals surface area contributed by atoms with Crippen molar-refractivity contribution in [3.8, 4) is 11.8 Å². The van der Waals surface area contributed by atoms with Crippen molar-refractivity contribution in [2.24, 2.45) is 0 Å². The summed E-state index contributed by atoms with van der Waals surface area (Å²) >= 11 is 1.59. The van der Waals surface area contributed by atoms with Crippen molar-refractivity contribution in [2.45, 2.75) is 38.8 Å². The second kappa shape index (κ2) is 8.18. The summed E-state index contributed by atoms with van der Waals surface area (Å²) in [6.07, 6.45) is 0.838. The Morgan fingerprint density at radius 1 is 1.52 bits per heavy atom. The summed E-state index contributed by atoms with van der Waals surface area (Å²) < 4.78 is 5.28. The van der Waals surface area contributed by atoms with Gasteiger partial charge in [-0.3, -0.25) is 4.79 Å². The lowest BCUT2D eigenvalue weighted by Crippen LogP contribution is -2.34. The highest BCUT2D eigenvalue weighted by Gasteiger charge is 2.23. The molecule has 1 rings (SSSR count). The van der Waals surface area contributed by atoms with Crippen LogP contribution in [0.1, 0.15) is 37.1 Å². The molecule has 0 unspecified atom stereocenters. The van der Waals surface area contributed by atoms with Crippen LogP contribution >= 0.6 is 11.3 Å². The van der Waals surface area contributed by atoms with Crippen LogP contribution in [0.4, 0.5) is 0 Å². The third kappa shape index (κ3) is 6.30. The quantitative estimate of drug-likeness (QED) is 0.820. The van der Waals surface area contributed by atoms with Gasteiger partial charge in [0.15, 0.2) is 0 Å². The molecule has 0 saturated carbocycles. The van der Waals surface area contributed by atoms with Gasteiger partial charge in [-0.25, -0.2) is 0 Å². The Kier molecular flexibility index (Phi) is 6.90. The van der Waals surface area contributed by atoms with Crippen molar-refractivity contribution >= 4 is 17.2 Å². The maximum atomic E-state index is 12.1. The average Bonchev–Trinajstić information content (AvgIpc) is 2.86. The largest absolute Gasteiger partial charge is 0.395 e. The van der Waals surface area contributed by atoms with Crippen LogP contribution in [0.15, 0.2) is 11.4 Å². The van der Waals surface area contributed by atoms with Crippen molar-refractivity contribution in [1.82, 2.24) is 4.90 Å². The highest BCUT2D eigenvalue weighted by Crippen LogP contribution is 2.18. The van der Waals surface area contributed by atoms with Gasteiger partial charge in [0.05, 0.1) is 25.2 Å². The molecule has 1 aromatic rings. The van der Waals surface area contributed by atoms with Crippen molar-refractivity contribution in [2.75, 3.05) is 20.8 Å². The minimum Gasteiger partial charge on any atom is -0.395 e. The van der Waals surface area contributed by atoms with Gasteiger partial charge in [-0.2, -0.15) is 0 Å². The maximum absolute atomic E-state index is 12.1. The van der Waals surface area contributed by atoms with Gasteiger partial charge in [-0.1, -0.05) is 11.8 Å². The summed E-state index contributed by atoms with van der Waals surface area (Å²) in [5.74, 6) is 5.94. The Hall–Kier alpha value is -1.35. The normalized spacial score (nSPS) is 10.9. The number of carbonyl (C=O) groups is 1. The lowest BCUT2D eigenvalue weighted by atomic mass is 10.0. The fourth-order valence-corrected chi connectivity index (χ4v) is 2.51. The van der Waals surface area contributed by atoms with Crippen LogP contribution in [0.3, 0.4) is 0 Å². The Morgan fingerprint density at radius 2 is 2.24 bits per heavy atom. The zero-order valence-corrected chi connectivity index (χ0v) is 13.9. The smallest absolute Gasteiger partial charge is 0.225 e. The zero-order chi connectivity index (χ0) is 15.9. The van der Waals surface area contributed by atoms with Gasteiger partial charge < -0.3 is 14.7 Å². The van der Waals surface area contributed by atoms with E-state index in [9.17, 15) is 4.79 Å². The standard InChI is InChI=1S/C16H23NO3S/c1-16(2,20-4)10-15(19)17(3)11-14-9-13(12-21-14)7-5-6-8-18/h9,12,18H,6,8,10-11H2,1-4H3. The first-order valence-electron chi connectivity index (χ1n) is 6.84. The van der Waals surface area contributed by atoms with Gasteiger partial charge in [0, 0.05) is 36.4 Å². The summed E-state index contributed by atoms with van der Waals surface area (Å²) in [4.78, 5) is 14.9. The van der Waals surface area contributed by atoms with Crippen molar-refractivity contribution < 1.29 is 14.6 Å². The minimum absolute atomic E-state index is 0.0585. The summed E-state index contributed by atoms with van der Waals surface area (Å²) in [7, 11) is 3.41. The number of aliphatic hydroxyl groups excluding tert-OH is 1. The molecule has 0 fully saturated rings. The van der Waals surface area contributed by atoms with E-state index in [0.29, 0.717) is 19.4 Å². The summed E-state index contributed by atoms with van der Waals surface area (Å²) in [6, 6.07) is 1.99. The first-order valence-corrected chi connectivity index (χ1v) is 7.72. The molecule has 1 aromatic heterocycles. The second-order valence-electron chi connectivity index (χ2n) is 5.47. The van der Waals surface area contributed by atoms with Gasteiger partial charge in [-0.05, 0) is 19.9 Å². The van der Waals surface area contributed by atoms with E-state index in [1.807, 2.05) is 25.3 Å². The van der Waals surface area contributed by atoms with Gasteiger partial charge >= 0.3 is 0 Å². The van der Waals surface area contributed by atoms with Crippen LogP contribution in [0.5, 0.6) is 0 Å². The molecule has 0 atom stereocenters. The highest BCUT2D eigenvalue weighted by molar-refractivity contribution is 7.10. The molecule has 0 aliphatic rings. The molecule has 0 spiro atoms. The summed E-state index contributed by atoms with van der Waals surface area (Å²) in [5.41, 5.74) is 0.489. The van der Waals surface area contributed by atoms with Crippen molar-refractivity contribution in [1.29, 1.82) is 0 Å². The molecule has 1 heterocycles. The van der Waals surface area contributed by atoms with Gasteiger partial charge in [0.25, 0.3) is 0 Å². The third-order valence-electron chi connectivity index (χ3n) is 3.07. The summed E-state index contributed by atoms with van der Waals surface area (Å²) in [6.45, 7) is 4.46. The number of nitrogens with zero attached hydrogens (tertiary/aromatic N) is 1. The van der Waals surface area contributed by atoms with E-state index >= 15 is 0 Å². The average molecular weight is 309 g/mol. The first-order chi connectivity index (χ1) is 9.88. The van der Waals surface area contributed by atoms with Gasteiger partial charge in [0.2, 0.25) is 5.91 Å². The monoisotopic (exact) mass is 309 g/mol. The Bertz CT molecular complexity index is 525. The minimum atomic E-state index is -0.443. The van der Waals surface area contributed by atoms with E-state index in [0.717, 1.165) is 10.4 Å². The number of ether oxygens (including phenoxy) is 1. The molecule has 116 valence electrons. The van der Waals surface area contributed by atoms with Gasteiger partial charge in [-0.15, -0.1) is 11.3 Å². The molecule has 4 nitrogen and oxygen atoms in total. The van der Waals surface area contributed by atoms with Crippen molar-refractivity contribution in [3.05, 3.63) is 21.9 Å². The number of methoxy groups -OCH3 is 1.